The summed E-state index contributed by atoms with van der Waals surface area (Å²) in [5.74, 6) is -1.47. The Morgan fingerprint density at radius 3 is 2.67 bits per heavy atom. The van der Waals surface area contributed by atoms with Crippen LogP contribution in [0, 0.1) is 0 Å². The van der Waals surface area contributed by atoms with E-state index in [2.05, 4.69) is 4.98 Å². The molecule has 0 radical (unpaired) electrons. The van der Waals surface area contributed by atoms with Gasteiger partial charge in [0.05, 0.1) is 5.56 Å². The first kappa shape index (κ1) is 12.6. The lowest BCUT2D eigenvalue weighted by Gasteiger charge is -1.98. The second-order valence-corrected chi connectivity index (χ2v) is 5.31. The molecule has 0 aliphatic heterocycles. The number of nitrogens with two attached hydrogens (primary N) is 1. The van der Waals surface area contributed by atoms with Crippen LogP contribution in [0.5, 0.6) is 0 Å². The second kappa shape index (κ2) is 5.19. The number of rotatable bonds is 4. The fraction of sp³-hybridized carbons (Fsp3) is 0. The molecule has 0 saturated carbocycles. The van der Waals surface area contributed by atoms with Crippen molar-refractivity contribution in [1.82, 2.24) is 4.98 Å². The highest BCUT2D eigenvalue weighted by Gasteiger charge is 2.08. The van der Waals surface area contributed by atoms with Crippen molar-refractivity contribution in [3.05, 3.63) is 40.2 Å². The number of thiophene rings is 1. The van der Waals surface area contributed by atoms with E-state index in [0.29, 0.717) is 10.6 Å². The van der Waals surface area contributed by atoms with Gasteiger partial charge in [-0.3, -0.25) is 4.79 Å². The number of primary amides is 1. The van der Waals surface area contributed by atoms with Crippen molar-refractivity contribution in [2.75, 3.05) is 0 Å². The van der Waals surface area contributed by atoms with E-state index in [-0.39, 0.29) is 4.88 Å². The van der Waals surface area contributed by atoms with Gasteiger partial charge in [-0.25, -0.2) is 9.78 Å². The number of nitrogens with zero attached hydrogens (tertiary/aromatic N) is 1. The van der Waals surface area contributed by atoms with Gasteiger partial charge in [-0.05, 0) is 18.2 Å². The Kier molecular flexibility index (Phi) is 3.63. The number of carboxylic acids is 1. The van der Waals surface area contributed by atoms with Crippen LogP contribution in [0.1, 0.15) is 20.0 Å². The van der Waals surface area contributed by atoms with Gasteiger partial charge in [-0.1, -0.05) is 11.8 Å². The summed E-state index contributed by atoms with van der Waals surface area (Å²) in [7, 11) is 0. The molecule has 0 atom stereocenters. The maximum absolute atomic E-state index is 10.9. The number of pyridine rings is 1. The van der Waals surface area contributed by atoms with Gasteiger partial charge in [0, 0.05) is 16.5 Å². The highest BCUT2D eigenvalue weighted by molar-refractivity contribution is 7.99. The maximum atomic E-state index is 10.9. The molecule has 18 heavy (non-hydrogen) atoms. The van der Waals surface area contributed by atoms with Gasteiger partial charge in [-0.15, -0.1) is 11.3 Å². The molecule has 5 nitrogen and oxygen atoms in total. The van der Waals surface area contributed by atoms with Crippen molar-refractivity contribution in [1.29, 1.82) is 0 Å². The summed E-state index contributed by atoms with van der Waals surface area (Å²) in [6.45, 7) is 0. The van der Waals surface area contributed by atoms with Crippen LogP contribution >= 0.6 is 23.1 Å². The number of carbonyl (C=O) groups is 2. The largest absolute Gasteiger partial charge is 0.477 e. The third-order valence-corrected chi connectivity index (χ3v) is 4.02. The summed E-state index contributed by atoms with van der Waals surface area (Å²) in [5.41, 5.74) is 5.45. The molecule has 7 heteroatoms. The van der Waals surface area contributed by atoms with Crippen LogP contribution in [-0.2, 0) is 0 Å². The van der Waals surface area contributed by atoms with E-state index in [1.54, 1.807) is 23.6 Å². The standard InChI is InChI=1S/C11H8N2O3S2/c12-10(14)6-1-2-9(13-4-6)18-7-3-8(11(15)16)17-5-7/h1-5H,(H2,12,14)(H,15,16). The molecule has 2 aromatic rings. The molecular weight excluding hydrogens is 272 g/mol. The average molecular weight is 280 g/mol. The van der Waals surface area contributed by atoms with Crippen molar-refractivity contribution in [3.8, 4) is 0 Å². The molecule has 0 aliphatic carbocycles. The fourth-order valence-corrected chi connectivity index (χ4v) is 2.87. The Morgan fingerprint density at radius 2 is 2.17 bits per heavy atom. The second-order valence-electron chi connectivity index (χ2n) is 3.30. The zero-order valence-corrected chi connectivity index (χ0v) is 10.6. The number of amides is 1. The SMILES string of the molecule is NC(=O)c1ccc(Sc2csc(C(=O)O)c2)nc1. The predicted molar refractivity (Wildman–Crippen MR) is 68.2 cm³/mol. The van der Waals surface area contributed by atoms with Crippen molar-refractivity contribution in [3.63, 3.8) is 0 Å². The lowest BCUT2D eigenvalue weighted by Crippen LogP contribution is -2.10. The van der Waals surface area contributed by atoms with E-state index in [1.165, 1.54) is 18.0 Å². The van der Waals surface area contributed by atoms with Gasteiger partial charge >= 0.3 is 5.97 Å². The molecule has 0 spiro atoms. The Balaban J connectivity index is 2.13. The summed E-state index contributed by atoms with van der Waals surface area (Å²) >= 11 is 2.49. The number of carbonyl (C=O) groups excluding carboxylic acids is 1. The minimum absolute atomic E-state index is 0.284. The van der Waals surface area contributed by atoms with Gasteiger partial charge in [-0.2, -0.15) is 0 Å². The average Bonchev–Trinajstić information content (AvgIpc) is 2.78. The third-order valence-electron chi connectivity index (χ3n) is 2.03. The lowest BCUT2D eigenvalue weighted by atomic mass is 10.3. The molecule has 2 heterocycles. The van der Waals surface area contributed by atoms with E-state index in [9.17, 15) is 9.59 Å². The molecule has 3 N–H and O–H groups in total. The smallest absolute Gasteiger partial charge is 0.345 e. The van der Waals surface area contributed by atoms with Crippen molar-refractivity contribution < 1.29 is 14.7 Å². The first-order valence-corrected chi connectivity index (χ1v) is 6.51. The Hall–Kier alpha value is -1.86. The predicted octanol–water partition coefficient (Wildman–Crippen LogP) is 2.09. The summed E-state index contributed by atoms with van der Waals surface area (Å²) < 4.78 is 0. The molecule has 0 unspecified atom stereocenters. The minimum Gasteiger partial charge on any atom is -0.477 e. The van der Waals surface area contributed by atoms with Gasteiger partial charge < -0.3 is 10.8 Å². The number of hydrogen-bond acceptors (Lipinski definition) is 5. The minimum atomic E-state index is -0.941. The molecule has 1 amide bonds. The molecule has 92 valence electrons. The summed E-state index contributed by atoms with van der Waals surface area (Å²) in [5, 5.41) is 11.2. The number of aromatic carboxylic acids is 1. The molecule has 0 bridgehead atoms. The van der Waals surface area contributed by atoms with Crippen molar-refractivity contribution >= 4 is 35.0 Å². The van der Waals surface area contributed by atoms with Crippen LogP contribution in [0.25, 0.3) is 0 Å². The quantitative estimate of drug-likeness (QED) is 0.894. The summed E-state index contributed by atoms with van der Waals surface area (Å²) in [4.78, 5) is 26.7. The van der Waals surface area contributed by atoms with Crippen LogP contribution in [0.15, 0.2) is 39.7 Å². The fourth-order valence-electron chi connectivity index (χ4n) is 1.19. The van der Waals surface area contributed by atoms with E-state index >= 15 is 0 Å². The highest BCUT2D eigenvalue weighted by atomic mass is 32.2. The molecule has 0 aromatic carbocycles. The third kappa shape index (κ3) is 2.88. The van der Waals surface area contributed by atoms with E-state index in [1.807, 2.05) is 0 Å². The van der Waals surface area contributed by atoms with Crippen LogP contribution in [0.3, 0.4) is 0 Å². The molecule has 0 saturated heterocycles. The molecule has 0 aliphatic rings. The summed E-state index contributed by atoms with van der Waals surface area (Å²) in [6.07, 6.45) is 1.40. The van der Waals surface area contributed by atoms with Crippen LogP contribution in [0.4, 0.5) is 0 Å². The molecular formula is C11H8N2O3S2. The number of aromatic nitrogens is 1. The van der Waals surface area contributed by atoms with E-state index in [0.717, 1.165) is 16.2 Å². The van der Waals surface area contributed by atoms with Gasteiger partial charge in [0.25, 0.3) is 0 Å². The van der Waals surface area contributed by atoms with Crippen LogP contribution < -0.4 is 5.73 Å². The normalized spacial score (nSPS) is 10.2. The molecule has 0 fully saturated rings. The van der Waals surface area contributed by atoms with Crippen molar-refractivity contribution in [2.24, 2.45) is 5.73 Å². The van der Waals surface area contributed by atoms with Gasteiger partial charge in [0.15, 0.2) is 0 Å². The molecule has 2 rings (SSSR count). The topological polar surface area (TPSA) is 93.3 Å². The van der Waals surface area contributed by atoms with Gasteiger partial charge in [0.2, 0.25) is 5.91 Å². The monoisotopic (exact) mass is 280 g/mol. The highest BCUT2D eigenvalue weighted by Crippen LogP contribution is 2.30. The van der Waals surface area contributed by atoms with E-state index < -0.39 is 11.9 Å². The Labute approximate surface area is 111 Å². The zero-order chi connectivity index (χ0) is 13.1. The molecule has 2 aromatic heterocycles. The maximum Gasteiger partial charge on any atom is 0.345 e. The van der Waals surface area contributed by atoms with Gasteiger partial charge in [0.1, 0.15) is 9.90 Å². The zero-order valence-electron chi connectivity index (χ0n) is 8.99. The first-order chi connectivity index (χ1) is 8.56. The van der Waals surface area contributed by atoms with Crippen LogP contribution in [-0.4, -0.2) is 22.0 Å². The Morgan fingerprint density at radius 1 is 1.39 bits per heavy atom. The van der Waals surface area contributed by atoms with Crippen molar-refractivity contribution in [2.45, 2.75) is 9.92 Å². The van der Waals surface area contributed by atoms with E-state index in [4.69, 9.17) is 10.8 Å². The van der Waals surface area contributed by atoms with Crippen LogP contribution in [0.2, 0.25) is 0 Å². The Bertz CT molecular complexity index is 593. The summed E-state index contributed by atoms with van der Waals surface area (Å²) in [6, 6.07) is 4.84. The number of hydrogen-bond donors (Lipinski definition) is 2. The lowest BCUT2D eigenvalue weighted by molar-refractivity contribution is 0.0701. The first-order valence-electron chi connectivity index (χ1n) is 4.82. The number of carboxylic acid groups (broad SMARTS) is 1.